The van der Waals surface area contributed by atoms with Crippen molar-refractivity contribution in [2.75, 3.05) is 13.1 Å². The molecule has 0 radical (unpaired) electrons. The van der Waals surface area contributed by atoms with E-state index in [2.05, 4.69) is 26.0 Å². The number of carbonyl (C=O) groups is 5. The number of esters is 2. The molecule has 0 aliphatic carbocycles. The summed E-state index contributed by atoms with van der Waals surface area (Å²) in [4.78, 5) is 60.2. The summed E-state index contributed by atoms with van der Waals surface area (Å²) >= 11 is 0. The van der Waals surface area contributed by atoms with Crippen molar-refractivity contribution in [2.24, 2.45) is 0 Å². The van der Waals surface area contributed by atoms with Crippen LogP contribution in [0.25, 0.3) is 11.1 Å². The van der Waals surface area contributed by atoms with E-state index >= 15 is 0 Å². The molecular weight excluding hydrogens is 593 g/mol. The summed E-state index contributed by atoms with van der Waals surface area (Å²) in [5.74, 6) is -5.37. The first-order valence-electron chi connectivity index (χ1n) is 14.0. The van der Waals surface area contributed by atoms with Gasteiger partial charge >= 0.3 is 24.1 Å². The fourth-order valence-electron chi connectivity index (χ4n) is 4.20. The minimum atomic E-state index is -5.37. The van der Waals surface area contributed by atoms with Crippen molar-refractivity contribution in [3.05, 3.63) is 96.1 Å². The molecule has 0 spiro atoms. The van der Waals surface area contributed by atoms with Gasteiger partial charge in [0.05, 0.1) is 25.0 Å². The molecule has 4 N–H and O–H groups in total. The summed E-state index contributed by atoms with van der Waals surface area (Å²) in [6.45, 7) is 1.55. The Morgan fingerprint density at radius 1 is 0.733 bits per heavy atom. The average Bonchev–Trinajstić information content (AvgIpc) is 3.02. The third-order valence-electron chi connectivity index (χ3n) is 6.52. The van der Waals surface area contributed by atoms with Crippen LogP contribution in [0.1, 0.15) is 49.4 Å². The highest BCUT2D eigenvalue weighted by Crippen LogP contribution is 2.24. The van der Waals surface area contributed by atoms with Crippen LogP contribution in [0.2, 0.25) is 0 Å². The Balaban J connectivity index is 1.49. The lowest BCUT2D eigenvalue weighted by atomic mass is 9.99. The number of benzene rings is 3. The highest BCUT2D eigenvalue weighted by molar-refractivity contribution is 5.89. The smallest absolute Gasteiger partial charge is 0.386 e. The molecule has 0 saturated heterocycles. The Hall–Kier alpha value is -5.20. The topological polar surface area (TPSA) is 143 Å². The van der Waals surface area contributed by atoms with Crippen molar-refractivity contribution in [2.45, 2.75) is 44.4 Å². The van der Waals surface area contributed by atoms with Gasteiger partial charge in [-0.2, -0.15) is 13.2 Å². The Bertz CT molecular complexity index is 1450. The lowest BCUT2D eigenvalue weighted by Gasteiger charge is -2.19. The molecule has 1 unspecified atom stereocenters. The van der Waals surface area contributed by atoms with E-state index in [1.807, 2.05) is 67.6 Å². The summed E-state index contributed by atoms with van der Waals surface area (Å²) in [5.41, 5.74) is 2.99. The fraction of sp³-hybridized carbons (Fsp3) is 0.281. The number of halogens is 3. The molecule has 13 heteroatoms. The van der Waals surface area contributed by atoms with Gasteiger partial charge in [-0.05, 0) is 35.6 Å². The molecule has 0 heterocycles. The predicted octanol–water partition coefficient (Wildman–Crippen LogP) is 4.49. The summed E-state index contributed by atoms with van der Waals surface area (Å²) in [7, 11) is 0. The molecule has 3 aromatic carbocycles. The van der Waals surface area contributed by atoms with Crippen LogP contribution in [0.4, 0.5) is 18.0 Å². The Morgan fingerprint density at radius 3 is 1.96 bits per heavy atom. The maximum Gasteiger partial charge on any atom is 0.491 e. The van der Waals surface area contributed by atoms with E-state index in [9.17, 15) is 37.1 Å². The standard InChI is InChI=1S/C32H33F3N4O6/c1-21(22-9-4-2-5-10-22)38-31(44)36-18-8-13-27(40)37-20-28(41)39-26(19-29(42)45-30(43)32(33,34)35)25-16-14-24(15-17-25)23-11-6-3-7-12-23/h2-7,9-12,14-17,21,26H,8,13,18-20H2,1H3,(H,37,40)(H,39,41)(H2,36,38,44)/t21-,26?/m0/s1. The van der Waals surface area contributed by atoms with Gasteiger partial charge in [-0.15, -0.1) is 0 Å². The van der Waals surface area contributed by atoms with E-state index in [0.717, 1.165) is 16.7 Å². The van der Waals surface area contributed by atoms with Gasteiger partial charge in [0.2, 0.25) is 11.8 Å². The second-order valence-corrected chi connectivity index (χ2v) is 9.98. The van der Waals surface area contributed by atoms with Gasteiger partial charge in [-0.3, -0.25) is 14.4 Å². The lowest BCUT2D eigenvalue weighted by molar-refractivity contribution is -0.202. The maximum absolute atomic E-state index is 12.6. The highest BCUT2D eigenvalue weighted by atomic mass is 19.4. The van der Waals surface area contributed by atoms with Gasteiger partial charge in [0.1, 0.15) is 0 Å². The predicted molar refractivity (Wildman–Crippen MR) is 158 cm³/mol. The Kier molecular flexibility index (Phi) is 12.6. The van der Waals surface area contributed by atoms with Crippen molar-refractivity contribution in [1.82, 2.24) is 21.3 Å². The third-order valence-corrected chi connectivity index (χ3v) is 6.52. The second kappa shape index (κ2) is 16.6. The lowest BCUT2D eigenvalue weighted by Crippen LogP contribution is -2.40. The van der Waals surface area contributed by atoms with Crippen LogP contribution in [0.5, 0.6) is 0 Å². The number of rotatable bonds is 13. The molecular formula is C32H33F3N4O6. The number of hydrogen-bond donors (Lipinski definition) is 4. The zero-order valence-electron chi connectivity index (χ0n) is 24.4. The quantitative estimate of drug-likeness (QED) is 0.125. The Morgan fingerprint density at radius 2 is 1.33 bits per heavy atom. The van der Waals surface area contributed by atoms with Crippen LogP contribution in [-0.2, 0) is 23.9 Å². The maximum atomic E-state index is 12.6. The van der Waals surface area contributed by atoms with Crippen LogP contribution in [0, 0.1) is 0 Å². The van der Waals surface area contributed by atoms with Gasteiger partial charge < -0.3 is 26.0 Å². The number of alkyl halides is 3. The molecule has 45 heavy (non-hydrogen) atoms. The van der Waals surface area contributed by atoms with Crippen LogP contribution < -0.4 is 21.3 Å². The molecule has 10 nitrogen and oxygen atoms in total. The number of urea groups is 1. The van der Waals surface area contributed by atoms with E-state index in [1.165, 1.54) is 0 Å². The van der Waals surface area contributed by atoms with E-state index in [4.69, 9.17) is 0 Å². The van der Waals surface area contributed by atoms with E-state index in [0.29, 0.717) is 5.56 Å². The van der Waals surface area contributed by atoms with Crippen molar-refractivity contribution < 1.29 is 41.9 Å². The summed E-state index contributed by atoms with van der Waals surface area (Å²) in [6.07, 6.45) is -5.85. The van der Waals surface area contributed by atoms with Crippen LogP contribution in [-0.4, -0.2) is 49.0 Å². The fourth-order valence-corrected chi connectivity index (χ4v) is 4.20. The van der Waals surface area contributed by atoms with E-state index in [1.54, 1.807) is 24.3 Å². The molecule has 0 aromatic heterocycles. The third kappa shape index (κ3) is 11.8. The zero-order chi connectivity index (χ0) is 32.8. The van der Waals surface area contributed by atoms with Crippen LogP contribution >= 0.6 is 0 Å². The van der Waals surface area contributed by atoms with Gasteiger partial charge in [0.25, 0.3) is 0 Å². The molecule has 0 aliphatic rings. The first-order chi connectivity index (χ1) is 21.4. The molecule has 4 amide bonds. The van der Waals surface area contributed by atoms with Gasteiger partial charge in [-0.25, -0.2) is 9.59 Å². The molecule has 0 aliphatic heterocycles. The highest BCUT2D eigenvalue weighted by Gasteiger charge is 2.42. The number of hydrogen-bond acceptors (Lipinski definition) is 6. The molecule has 0 saturated carbocycles. The normalized spacial score (nSPS) is 12.3. The Labute approximate surface area is 257 Å². The minimum Gasteiger partial charge on any atom is -0.386 e. The van der Waals surface area contributed by atoms with Crippen molar-refractivity contribution in [3.8, 4) is 11.1 Å². The van der Waals surface area contributed by atoms with Gasteiger partial charge in [-0.1, -0.05) is 84.9 Å². The largest absolute Gasteiger partial charge is 0.491 e. The SMILES string of the molecule is C[C@H](NC(=O)NCCCC(=O)NCC(=O)NC(CC(=O)OC(=O)C(F)(F)F)c1ccc(-c2ccccc2)cc1)c1ccccc1. The first-order valence-corrected chi connectivity index (χ1v) is 14.0. The van der Waals surface area contributed by atoms with Crippen molar-refractivity contribution in [1.29, 1.82) is 0 Å². The first kappa shape index (κ1) is 34.3. The zero-order valence-corrected chi connectivity index (χ0v) is 24.4. The number of nitrogens with one attached hydrogen (secondary N) is 4. The second-order valence-electron chi connectivity index (χ2n) is 9.98. The van der Waals surface area contributed by atoms with Crippen LogP contribution in [0.3, 0.4) is 0 Å². The van der Waals surface area contributed by atoms with Crippen LogP contribution in [0.15, 0.2) is 84.9 Å². The number of carbonyl (C=O) groups excluding carboxylic acids is 5. The number of amides is 4. The average molecular weight is 627 g/mol. The number of ether oxygens (including phenoxy) is 1. The molecule has 3 aromatic rings. The molecule has 2 atom stereocenters. The molecule has 3 rings (SSSR count). The van der Waals surface area contributed by atoms with E-state index in [-0.39, 0.29) is 25.4 Å². The van der Waals surface area contributed by atoms with Gasteiger partial charge in [0.15, 0.2) is 0 Å². The van der Waals surface area contributed by atoms with Gasteiger partial charge in [0, 0.05) is 13.0 Å². The summed E-state index contributed by atoms with van der Waals surface area (Å²) in [6, 6.07) is 23.4. The molecule has 238 valence electrons. The monoisotopic (exact) mass is 626 g/mol. The van der Waals surface area contributed by atoms with Crippen molar-refractivity contribution >= 4 is 29.8 Å². The molecule has 0 fully saturated rings. The van der Waals surface area contributed by atoms with Crippen molar-refractivity contribution in [3.63, 3.8) is 0 Å². The van der Waals surface area contributed by atoms with E-state index < -0.39 is 55.0 Å². The molecule has 0 bridgehead atoms. The summed E-state index contributed by atoms with van der Waals surface area (Å²) < 4.78 is 41.6. The minimum absolute atomic E-state index is 0.00193. The summed E-state index contributed by atoms with van der Waals surface area (Å²) in [5, 5.41) is 10.4.